The van der Waals surface area contributed by atoms with E-state index >= 15 is 8.87 Å². The normalized spacial score (nSPS) is 20.1. The number of nitrogen functional groups attached to an aromatic ring is 2. The minimum atomic E-state index is -2.55. The van der Waals surface area contributed by atoms with Crippen LogP contribution in [0.2, 0.25) is 5.02 Å². The summed E-state index contributed by atoms with van der Waals surface area (Å²) in [4.78, 5) is 0.532. The van der Waals surface area contributed by atoms with Gasteiger partial charge in [0.05, 0.1) is 5.69 Å². The predicted octanol–water partition coefficient (Wildman–Crippen LogP) is 5.01. The van der Waals surface area contributed by atoms with E-state index < -0.39 is 14.1 Å². The minimum absolute atomic E-state index is 0.0455. The number of anilines is 3. The summed E-state index contributed by atoms with van der Waals surface area (Å²) in [5.74, 6) is 0. The van der Waals surface area contributed by atoms with Gasteiger partial charge in [-0.2, -0.15) is 5.12 Å². The average Bonchev–Trinajstić information content (AvgIpc) is 2.62. The lowest BCUT2D eigenvalue weighted by Gasteiger charge is -2.38. The molecule has 4 rings (SSSR count). The number of rotatable bonds is 2. The molecule has 0 bridgehead atoms. The number of halogens is 3. The van der Waals surface area contributed by atoms with Gasteiger partial charge in [0.1, 0.15) is 5.69 Å². The highest BCUT2D eigenvalue weighted by Gasteiger charge is 2.47. The SMILES string of the molecule is Nc1ccc(Cl)cc1C1(F)Pc2cc(SO)cc3ccc(N)c(c23)N1F. The number of alkyl halides is 1. The van der Waals surface area contributed by atoms with Gasteiger partial charge in [0.15, 0.2) is 0 Å². The number of hydrogen-bond donors (Lipinski definition) is 3. The van der Waals surface area contributed by atoms with Crippen LogP contribution in [0.4, 0.5) is 25.9 Å². The Balaban J connectivity index is 2.03. The number of benzene rings is 3. The standard InChI is InChI=1S/C17H13ClF2N3OPS/c18-9-2-4-12(21)11(6-9)17(19)23(20)16-13(22)3-1-8-5-10(26-24)7-14(25-17)15(8)16/h1-7,24-25H,21-22H2. The fraction of sp³-hybridized carbons (Fsp3) is 0.0588. The molecule has 0 fully saturated rings. The Kier molecular flexibility index (Phi) is 4.15. The summed E-state index contributed by atoms with van der Waals surface area (Å²) in [5, 5.41) is 2.04. The molecule has 1 heterocycles. The first-order valence-electron chi connectivity index (χ1n) is 7.51. The van der Waals surface area contributed by atoms with Gasteiger partial charge in [0.25, 0.3) is 5.53 Å². The zero-order valence-corrected chi connectivity index (χ0v) is 15.7. The molecule has 0 aromatic heterocycles. The monoisotopic (exact) mass is 411 g/mol. The first kappa shape index (κ1) is 17.6. The van der Waals surface area contributed by atoms with Crippen molar-refractivity contribution in [2.24, 2.45) is 0 Å². The maximum absolute atomic E-state index is 16.1. The lowest BCUT2D eigenvalue weighted by atomic mass is 10.1. The van der Waals surface area contributed by atoms with Crippen LogP contribution in [0, 0.1) is 0 Å². The van der Waals surface area contributed by atoms with Gasteiger partial charge in [0, 0.05) is 38.6 Å². The summed E-state index contributed by atoms with van der Waals surface area (Å²) >= 11 is 6.53. The van der Waals surface area contributed by atoms with Gasteiger partial charge in [-0.05, 0) is 55.7 Å². The molecule has 0 aliphatic carbocycles. The summed E-state index contributed by atoms with van der Waals surface area (Å²) < 4.78 is 40.8. The summed E-state index contributed by atoms with van der Waals surface area (Å²) in [6.45, 7) is 0. The average molecular weight is 412 g/mol. The van der Waals surface area contributed by atoms with E-state index in [1.54, 1.807) is 18.2 Å². The van der Waals surface area contributed by atoms with Crippen molar-refractivity contribution in [1.82, 2.24) is 0 Å². The predicted molar refractivity (Wildman–Crippen MR) is 107 cm³/mol. The van der Waals surface area contributed by atoms with Gasteiger partial charge in [0.2, 0.25) is 0 Å². The van der Waals surface area contributed by atoms with Crippen molar-refractivity contribution in [1.29, 1.82) is 0 Å². The quantitative estimate of drug-likeness (QED) is 0.182. The molecule has 9 heteroatoms. The number of nitrogens with zero attached hydrogens (tertiary/aromatic N) is 1. The Morgan fingerprint density at radius 3 is 2.58 bits per heavy atom. The second kappa shape index (κ2) is 6.13. The molecule has 134 valence electrons. The van der Waals surface area contributed by atoms with Crippen LogP contribution < -0.4 is 21.9 Å². The van der Waals surface area contributed by atoms with Gasteiger partial charge >= 0.3 is 0 Å². The molecule has 0 radical (unpaired) electrons. The Hall–Kier alpha value is -1.79. The maximum Gasteiger partial charge on any atom is 0.256 e. The Bertz CT molecular complexity index is 1050. The molecule has 0 amide bonds. The second-order valence-corrected chi connectivity index (χ2v) is 8.46. The summed E-state index contributed by atoms with van der Waals surface area (Å²) in [5.41, 5.74) is 9.43. The van der Waals surface area contributed by atoms with Crippen LogP contribution in [0.25, 0.3) is 10.8 Å². The van der Waals surface area contributed by atoms with E-state index in [9.17, 15) is 4.55 Å². The molecule has 4 nitrogen and oxygen atoms in total. The molecular weight excluding hydrogens is 399 g/mol. The Morgan fingerprint density at radius 1 is 1.12 bits per heavy atom. The van der Waals surface area contributed by atoms with Crippen molar-refractivity contribution in [2.45, 2.75) is 10.4 Å². The van der Waals surface area contributed by atoms with E-state index in [1.807, 2.05) is 0 Å². The lowest BCUT2D eigenvalue weighted by Crippen LogP contribution is -2.39. The molecule has 1 aliphatic heterocycles. The molecule has 0 saturated heterocycles. The van der Waals surface area contributed by atoms with E-state index in [2.05, 4.69) is 0 Å². The first-order chi connectivity index (χ1) is 12.3. The van der Waals surface area contributed by atoms with E-state index in [-0.39, 0.29) is 32.8 Å². The van der Waals surface area contributed by atoms with Gasteiger partial charge in [-0.3, -0.25) is 0 Å². The lowest BCUT2D eigenvalue weighted by molar-refractivity contribution is 0.189. The van der Waals surface area contributed by atoms with Crippen LogP contribution in [0.3, 0.4) is 0 Å². The fourth-order valence-corrected chi connectivity index (χ4v) is 5.33. The number of nitrogens with two attached hydrogens (primary N) is 2. The van der Waals surface area contributed by atoms with E-state index in [1.165, 1.54) is 24.3 Å². The van der Waals surface area contributed by atoms with Crippen molar-refractivity contribution >= 4 is 65.4 Å². The van der Waals surface area contributed by atoms with Gasteiger partial charge in [-0.25, -0.2) is 4.39 Å². The topological polar surface area (TPSA) is 75.5 Å². The summed E-state index contributed by atoms with van der Waals surface area (Å²) in [6.07, 6.45) is 0. The highest BCUT2D eigenvalue weighted by Crippen LogP contribution is 2.56. The smallest absolute Gasteiger partial charge is 0.256 e. The third-order valence-electron chi connectivity index (χ3n) is 4.34. The number of hydrogen-bond acceptors (Lipinski definition) is 5. The van der Waals surface area contributed by atoms with Crippen LogP contribution >= 0.6 is 32.2 Å². The molecule has 3 aromatic rings. The summed E-state index contributed by atoms with van der Waals surface area (Å²) in [7, 11) is -0.627. The molecule has 26 heavy (non-hydrogen) atoms. The molecule has 0 saturated carbocycles. The van der Waals surface area contributed by atoms with Crippen molar-refractivity contribution in [3.63, 3.8) is 0 Å². The van der Waals surface area contributed by atoms with Crippen molar-refractivity contribution in [3.05, 3.63) is 53.1 Å². The second-order valence-electron chi connectivity index (χ2n) is 5.92. The van der Waals surface area contributed by atoms with Gasteiger partial charge in [-0.15, -0.1) is 0 Å². The van der Waals surface area contributed by atoms with Crippen molar-refractivity contribution in [3.8, 4) is 0 Å². The van der Waals surface area contributed by atoms with Crippen LogP contribution in [-0.2, 0) is 5.53 Å². The van der Waals surface area contributed by atoms with E-state index in [0.29, 0.717) is 33.0 Å². The first-order valence-corrected chi connectivity index (χ1v) is 9.66. The third-order valence-corrected chi connectivity index (χ3v) is 6.48. The Morgan fingerprint density at radius 2 is 1.85 bits per heavy atom. The third kappa shape index (κ3) is 2.50. The molecule has 5 N–H and O–H groups in total. The fourth-order valence-electron chi connectivity index (χ4n) is 3.17. The Labute approximate surface area is 159 Å². The molecule has 2 unspecified atom stereocenters. The van der Waals surface area contributed by atoms with Gasteiger partial charge in [-0.1, -0.05) is 22.1 Å². The molecule has 3 aromatic carbocycles. The van der Waals surface area contributed by atoms with E-state index in [4.69, 9.17) is 23.1 Å². The minimum Gasteiger partial charge on any atom is -0.398 e. The zero-order chi connectivity index (χ0) is 18.6. The maximum atomic E-state index is 16.1. The highest BCUT2D eigenvalue weighted by molar-refractivity contribution is 7.93. The van der Waals surface area contributed by atoms with Crippen LogP contribution in [-0.4, -0.2) is 4.55 Å². The molecule has 1 aliphatic rings. The summed E-state index contributed by atoms with van der Waals surface area (Å²) in [6, 6.07) is 10.8. The highest BCUT2D eigenvalue weighted by atomic mass is 35.5. The van der Waals surface area contributed by atoms with Crippen LogP contribution in [0.5, 0.6) is 0 Å². The van der Waals surface area contributed by atoms with Gasteiger partial charge < -0.3 is 16.0 Å². The van der Waals surface area contributed by atoms with Crippen molar-refractivity contribution < 1.29 is 13.4 Å². The van der Waals surface area contributed by atoms with Crippen LogP contribution in [0.1, 0.15) is 5.56 Å². The largest absolute Gasteiger partial charge is 0.398 e. The van der Waals surface area contributed by atoms with Crippen LogP contribution in [0.15, 0.2) is 47.4 Å². The van der Waals surface area contributed by atoms with E-state index in [0.717, 1.165) is 0 Å². The molecular formula is C17H13ClF2N3OPS. The van der Waals surface area contributed by atoms with Crippen molar-refractivity contribution in [2.75, 3.05) is 16.6 Å². The molecule has 0 spiro atoms. The molecule has 2 atom stereocenters. The zero-order valence-electron chi connectivity index (χ0n) is 13.1.